The molecule has 0 aliphatic rings. The first-order chi connectivity index (χ1) is 8.56. The molecule has 96 valence electrons. The Labute approximate surface area is 111 Å². The molecule has 0 N–H and O–H groups in total. The molecule has 0 atom stereocenters. The highest BCUT2D eigenvalue weighted by Gasteiger charge is 2.26. The zero-order valence-corrected chi connectivity index (χ0v) is 11.0. The van der Waals surface area contributed by atoms with E-state index in [4.69, 9.17) is 5.26 Å². The van der Waals surface area contributed by atoms with Gasteiger partial charge in [0.25, 0.3) is 6.43 Å². The zero-order valence-electron chi connectivity index (χ0n) is 9.41. The van der Waals surface area contributed by atoms with Gasteiger partial charge in [0.1, 0.15) is 6.07 Å². The summed E-state index contributed by atoms with van der Waals surface area (Å²) in [5.74, 6) is -0.953. The highest BCUT2D eigenvalue weighted by atomic mass is 79.9. The largest absolute Gasteiger partial charge is 0.461 e. The van der Waals surface area contributed by atoms with Crippen LogP contribution >= 0.6 is 15.9 Å². The molecular formula is C11H9BrF2N2O2. The molecule has 0 aliphatic heterocycles. The SMILES string of the molecule is CCOC(=O)c1ncc(CBr)c(C#N)c1C(F)F. The number of pyridine rings is 1. The fourth-order valence-corrected chi connectivity index (χ4v) is 1.80. The molecule has 0 fully saturated rings. The molecule has 0 spiro atoms. The summed E-state index contributed by atoms with van der Waals surface area (Å²) >= 11 is 3.07. The second-order valence-electron chi connectivity index (χ2n) is 3.19. The maximum absolute atomic E-state index is 13.0. The molecule has 1 heterocycles. The standard InChI is InChI=1S/C11H9BrF2N2O2/c1-2-18-11(17)9-8(10(13)14)7(4-15)6(3-12)5-16-9/h5,10H,2-3H2,1H3. The minimum atomic E-state index is -2.97. The molecule has 7 heteroatoms. The number of aromatic nitrogens is 1. The summed E-state index contributed by atoms with van der Waals surface area (Å²) < 4.78 is 30.6. The Morgan fingerprint density at radius 2 is 2.33 bits per heavy atom. The zero-order chi connectivity index (χ0) is 13.7. The number of halogens is 3. The maximum Gasteiger partial charge on any atom is 0.357 e. The summed E-state index contributed by atoms with van der Waals surface area (Å²) in [6.07, 6.45) is -1.75. The topological polar surface area (TPSA) is 63.0 Å². The molecule has 18 heavy (non-hydrogen) atoms. The van der Waals surface area contributed by atoms with Gasteiger partial charge in [-0.25, -0.2) is 18.6 Å². The van der Waals surface area contributed by atoms with Gasteiger partial charge in [0.15, 0.2) is 5.69 Å². The van der Waals surface area contributed by atoms with Crippen molar-refractivity contribution in [1.29, 1.82) is 5.26 Å². The lowest BCUT2D eigenvalue weighted by Crippen LogP contribution is -2.13. The smallest absolute Gasteiger partial charge is 0.357 e. The Balaban J connectivity index is 3.45. The van der Waals surface area contributed by atoms with Crippen LogP contribution in [-0.4, -0.2) is 17.6 Å². The van der Waals surface area contributed by atoms with Crippen LogP contribution in [0.5, 0.6) is 0 Å². The second-order valence-corrected chi connectivity index (χ2v) is 3.75. The van der Waals surface area contributed by atoms with Crippen LogP contribution in [0.25, 0.3) is 0 Å². The average molecular weight is 319 g/mol. The fraction of sp³-hybridized carbons (Fsp3) is 0.364. The lowest BCUT2D eigenvalue weighted by molar-refractivity contribution is 0.0507. The summed E-state index contributed by atoms with van der Waals surface area (Å²) in [4.78, 5) is 15.2. The van der Waals surface area contributed by atoms with E-state index in [9.17, 15) is 13.6 Å². The third-order valence-corrected chi connectivity index (χ3v) is 2.74. The molecule has 0 radical (unpaired) electrons. The first kappa shape index (κ1) is 14.5. The van der Waals surface area contributed by atoms with Crippen LogP contribution in [0, 0.1) is 11.3 Å². The van der Waals surface area contributed by atoms with Gasteiger partial charge in [-0.2, -0.15) is 5.26 Å². The first-order valence-electron chi connectivity index (χ1n) is 4.99. The Hall–Kier alpha value is -1.55. The van der Waals surface area contributed by atoms with Gasteiger partial charge in [-0.15, -0.1) is 0 Å². The van der Waals surface area contributed by atoms with Crippen molar-refractivity contribution in [2.24, 2.45) is 0 Å². The molecular weight excluding hydrogens is 310 g/mol. The van der Waals surface area contributed by atoms with Crippen molar-refractivity contribution in [3.05, 3.63) is 28.6 Å². The lowest BCUT2D eigenvalue weighted by Gasteiger charge is -2.11. The Bertz CT molecular complexity index is 501. The van der Waals surface area contributed by atoms with E-state index in [0.717, 1.165) is 0 Å². The van der Waals surface area contributed by atoms with E-state index in [-0.39, 0.29) is 17.5 Å². The van der Waals surface area contributed by atoms with E-state index in [0.29, 0.717) is 5.56 Å². The minimum absolute atomic E-state index is 0.0469. The summed E-state index contributed by atoms with van der Waals surface area (Å²) in [7, 11) is 0. The van der Waals surface area contributed by atoms with Crippen molar-refractivity contribution < 1.29 is 18.3 Å². The van der Waals surface area contributed by atoms with Crippen molar-refractivity contribution in [2.75, 3.05) is 6.61 Å². The van der Waals surface area contributed by atoms with E-state index in [2.05, 4.69) is 25.7 Å². The van der Waals surface area contributed by atoms with Crippen LogP contribution in [0.15, 0.2) is 6.20 Å². The molecule has 0 unspecified atom stereocenters. The highest BCUT2D eigenvalue weighted by molar-refractivity contribution is 9.08. The molecule has 1 aromatic heterocycles. The van der Waals surface area contributed by atoms with Crippen LogP contribution in [0.3, 0.4) is 0 Å². The monoisotopic (exact) mass is 318 g/mol. The van der Waals surface area contributed by atoms with Crippen LogP contribution < -0.4 is 0 Å². The molecule has 0 aromatic carbocycles. The van der Waals surface area contributed by atoms with E-state index in [1.165, 1.54) is 6.20 Å². The number of hydrogen-bond donors (Lipinski definition) is 0. The quantitative estimate of drug-likeness (QED) is 0.632. The molecule has 0 bridgehead atoms. The number of rotatable bonds is 4. The fourth-order valence-electron chi connectivity index (χ4n) is 1.38. The molecule has 1 rings (SSSR count). The Morgan fingerprint density at radius 1 is 1.67 bits per heavy atom. The van der Waals surface area contributed by atoms with Crippen LogP contribution in [0.1, 0.15) is 40.5 Å². The molecule has 4 nitrogen and oxygen atoms in total. The first-order valence-corrected chi connectivity index (χ1v) is 6.12. The van der Waals surface area contributed by atoms with Gasteiger partial charge in [0.2, 0.25) is 0 Å². The molecule has 0 aliphatic carbocycles. The van der Waals surface area contributed by atoms with Gasteiger partial charge in [-0.05, 0) is 12.5 Å². The minimum Gasteiger partial charge on any atom is -0.461 e. The number of hydrogen-bond acceptors (Lipinski definition) is 4. The van der Waals surface area contributed by atoms with Crippen LogP contribution in [0.4, 0.5) is 8.78 Å². The highest BCUT2D eigenvalue weighted by Crippen LogP contribution is 2.28. The second kappa shape index (κ2) is 6.40. The number of nitrogens with zero attached hydrogens (tertiary/aromatic N) is 2. The van der Waals surface area contributed by atoms with E-state index in [1.807, 2.05) is 0 Å². The number of esters is 1. The van der Waals surface area contributed by atoms with E-state index < -0.39 is 23.7 Å². The molecule has 0 saturated heterocycles. The van der Waals surface area contributed by atoms with Gasteiger partial charge < -0.3 is 4.74 Å². The number of alkyl halides is 3. The summed E-state index contributed by atoms with van der Waals surface area (Å²) in [5.41, 5.74) is -1.11. The van der Waals surface area contributed by atoms with Crippen molar-refractivity contribution >= 4 is 21.9 Å². The van der Waals surface area contributed by atoms with Crippen molar-refractivity contribution in [2.45, 2.75) is 18.7 Å². The van der Waals surface area contributed by atoms with Gasteiger partial charge in [-0.1, -0.05) is 15.9 Å². The molecule has 0 saturated carbocycles. The predicted molar refractivity (Wildman–Crippen MR) is 62.5 cm³/mol. The lowest BCUT2D eigenvalue weighted by atomic mass is 10.0. The van der Waals surface area contributed by atoms with Crippen molar-refractivity contribution in [3.63, 3.8) is 0 Å². The van der Waals surface area contributed by atoms with Crippen LogP contribution in [0.2, 0.25) is 0 Å². The van der Waals surface area contributed by atoms with E-state index >= 15 is 0 Å². The predicted octanol–water partition coefficient (Wildman–Crippen LogP) is 2.96. The normalized spacial score (nSPS) is 10.2. The Kier molecular flexibility index (Phi) is 5.16. The van der Waals surface area contributed by atoms with Crippen molar-refractivity contribution in [1.82, 2.24) is 4.98 Å². The third-order valence-electron chi connectivity index (χ3n) is 2.14. The summed E-state index contributed by atoms with van der Waals surface area (Å²) in [6.45, 7) is 1.60. The van der Waals surface area contributed by atoms with Crippen molar-refractivity contribution in [3.8, 4) is 6.07 Å². The van der Waals surface area contributed by atoms with Crippen LogP contribution in [-0.2, 0) is 10.1 Å². The number of carbonyl (C=O) groups excluding carboxylic acids is 1. The maximum atomic E-state index is 13.0. The molecule has 0 amide bonds. The van der Waals surface area contributed by atoms with Gasteiger partial charge in [-0.3, -0.25) is 0 Å². The molecule has 1 aromatic rings. The number of nitriles is 1. The van der Waals surface area contributed by atoms with Gasteiger partial charge in [0.05, 0.1) is 17.7 Å². The third kappa shape index (κ3) is 2.82. The van der Waals surface area contributed by atoms with Gasteiger partial charge in [0, 0.05) is 11.5 Å². The van der Waals surface area contributed by atoms with E-state index in [1.54, 1.807) is 13.0 Å². The average Bonchev–Trinajstić information content (AvgIpc) is 2.36. The summed E-state index contributed by atoms with van der Waals surface area (Å²) in [5, 5.41) is 9.13. The summed E-state index contributed by atoms with van der Waals surface area (Å²) in [6, 6.07) is 1.68. The van der Waals surface area contributed by atoms with Gasteiger partial charge >= 0.3 is 5.97 Å². The number of carbonyl (C=O) groups is 1. The Morgan fingerprint density at radius 3 is 2.78 bits per heavy atom. The number of ether oxygens (including phenoxy) is 1.